The van der Waals surface area contributed by atoms with Crippen molar-refractivity contribution in [1.82, 2.24) is 14.7 Å². The minimum Gasteiger partial charge on any atom is -0.494 e. The Morgan fingerprint density at radius 1 is 1.05 bits per heavy atom. The summed E-state index contributed by atoms with van der Waals surface area (Å²) in [7, 11) is 0. The van der Waals surface area contributed by atoms with Crippen molar-refractivity contribution in [2.45, 2.75) is 33.2 Å². The topological polar surface area (TPSA) is 47.4 Å². The van der Waals surface area contributed by atoms with E-state index in [9.17, 15) is 4.79 Å². The number of hydrogen-bond acceptors (Lipinski definition) is 5. The second-order valence-corrected chi connectivity index (χ2v) is 10.9. The number of hydrogen-bond donors (Lipinski definition) is 0. The lowest BCUT2D eigenvalue weighted by atomic mass is 10.0. The first-order valence-corrected chi connectivity index (χ1v) is 13.9. The number of amides is 1. The van der Waals surface area contributed by atoms with Gasteiger partial charge < -0.3 is 4.74 Å². The molecule has 1 fully saturated rings. The molecule has 7 heteroatoms. The Bertz CT molecular complexity index is 1500. The second-order valence-electron chi connectivity index (χ2n) is 9.18. The molecule has 1 atom stereocenters. The maximum absolute atomic E-state index is 13.6. The number of aromatic nitrogens is 2. The van der Waals surface area contributed by atoms with Crippen LogP contribution < -0.4 is 4.74 Å². The SMILES string of the molecule is CCCOc1ccc(-c2nn(-c3ccccc3)cc2/C=C2\SC(=S)N([C@H](C)c3ccccc3)C2=O)c(C)c1. The van der Waals surface area contributed by atoms with E-state index in [1.54, 1.807) is 4.90 Å². The van der Waals surface area contributed by atoms with Crippen LogP contribution in [0.3, 0.4) is 0 Å². The normalized spacial score (nSPS) is 15.3. The molecule has 1 amide bonds. The average Bonchev–Trinajstić information content (AvgIpc) is 3.48. The van der Waals surface area contributed by atoms with E-state index in [2.05, 4.69) is 13.8 Å². The Kier molecular flexibility index (Phi) is 7.77. The van der Waals surface area contributed by atoms with Crippen LogP contribution in [-0.2, 0) is 4.79 Å². The molecule has 0 spiro atoms. The Balaban J connectivity index is 1.54. The van der Waals surface area contributed by atoms with E-state index < -0.39 is 0 Å². The molecular weight excluding hydrogens is 510 g/mol. The number of carbonyl (C=O) groups is 1. The fourth-order valence-electron chi connectivity index (χ4n) is 4.46. The first kappa shape index (κ1) is 25.9. The number of carbonyl (C=O) groups excluding carboxylic acids is 1. The van der Waals surface area contributed by atoms with Gasteiger partial charge in [0.15, 0.2) is 0 Å². The van der Waals surface area contributed by atoms with Crippen molar-refractivity contribution in [3.8, 4) is 22.7 Å². The highest BCUT2D eigenvalue weighted by Gasteiger charge is 2.36. The molecule has 1 aliphatic heterocycles. The van der Waals surface area contributed by atoms with Gasteiger partial charge in [-0.1, -0.05) is 79.4 Å². The number of ether oxygens (including phenoxy) is 1. The van der Waals surface area contributed by atoms with Gasteiger partial charge in [-0.05, 0) is 67.8 Å². The lowest BCUT2D eigenvalue weighted by molar-refractivity contribution is -0.123. The third kappa shape index (κ3) is 5.30. The van der Waals surface area contributed by atoms with Crippen LogP contribution >= 0.6 is 24.0 Å². The van der Waals surface area contributed by atoms with Gasteiger partial charge in [-0.15, -0.1) is 0 Å². The van der Waals surface area contributed by atoms with Crippen LogP contribution in [0, 0.1) is 6.92 Å². The first-order valence-electron chi connectivity index (χ1n) is 12.7. The van der Waals surface area contributed by atoms with Gasteiger partial charge in [-0.25, -0.2) is 4.68 Å². The first-order chi connectivity index (χ1) is 18.5. The maximum Gasteiger partial charge on any atom is 0.266 e. The monoisotopic (exact) mass is 539 g/mol. The summed E-state index contributed by atoms with van der Waals surface area (Å²) in [4.78, 5) is 15.9. The molecule has 1 aromatic heterocycles. The molecule has 0 N–H and O–H groups in total. The summed E-state index contributed by atoms with van der Waals surface area (Å²) in [5.41, 5.74) is 5.68. The molecule has 38 heavy (non-hydrogen) atoms. The molecule has 0 unspecified atom stereocenters. The Morgan fingerprint density at radius 2 is 1.76 bits per heavy atom. The molecule has 4 aromatic rings. The zero-order valence-electron chi connectivity index (χ0n) is 21.6. The molecule has 0 bridgehead atoms. The molecular formula is C31H29N3O2S2. The quantitative estimate of drug-likeness (QED) is 0.170. The van der Waals surface area contributed by atoms with Gasteiger partial charge in [0.25, 0.3) is 5.91 Å². The van der Waals surface area contributed by atoms with Gasteiger partial charge in [0.05, 0.1) is 23.2 Å². The second kappa shape index (κ2) is 11.4. The zero-order chi connectivity index (χ0) is 26.6. The molecule has 3 aromatic carbocycles. The molecule has 0 aliphatic carbocycles. The van der Waals surface area contributed by atoms with Crippen LogP contribution in [0.4, 0.5) is 0 Å². The summed E-state index contributed by atoms with van der Waals surface area (Å²) in [5.74, 6) is 0.753. The summed E-state index contributed by atoms with van der Waals surface area (Å²) in [6.45, 7) is 6.83. The zero-order valence-corrected chi connectivity index (χ0v) is 23.3. The van der Waals surface area contributed by atoms with Crippen LogP contribution in [0.25, 0.3) is 23.0 Å². The molecule has 5 rings (SSSR count). The van der Waals surface area contributed by atoms with Crippen molar-refractivity contribution < 1.29 is 9.53 Å². The average molecular weight is 540 g/mol. The number of para-hydroxylation sites is 1. The highest BCUT2D eigenvalue weighted by atomic mass is 32.2. The Morgan fingerprint density at radius 3 is 2.45 bits per heavy atom. The molecule has 5 nitrogen and oxygen atoms in total. The van der Waals surface area contributed by atoms with Gasteiger partial charge in [0.1, 0.15) is 15.8 Å². The summed E-state index contributed by atoms with van der Waals surface area (Å²) in [5, 5.41) is 4.96. The number of nitrogens with zero attached hydrogens (tertiary/aromatic N) is 3. The van der Waals surface area contributed by atoms with Crippen molar-refractivity contribution in [3.63, 3.8) is 0 Å². The Hall–Kier alpha value is -3.68. The minimum absolute atomic E-state index is 0.0881. The van der Waals surface area contributed by atoms with Crippen molar-refractivity contribution in [3.05, 3.63) is 107 Å². The predicted molar refractivity (Wildman–Crippen MR) is 159 cm³/mol. The number of benzene rings is 3. The van der Waals surface area contributed by atoms with Crippen LogP contribution in [-0.4, -0.2) is 31.5 Å². The van der Waals surface area contributed by atoms with Gasteiger partial charge in [-0.2, -0.15) is 5.10 Å². The standard InChI is InChI=1S/C31H29N3O2S2/c1-4-17-36-26-15-16-27(21(2)18-26)29-24(20-33(32-29)25-13-9-6-10-14-25)19-28-30(35)34(31(37)38-28)22(3)23-11-7-5-8-12-23/h5-16,18-20,22H,4,17H2,1-3H3/b28-19-/t22-/m1/s1. The molecule has 192 valence electrons. The molecule has 1 saturated heterocycles. The summed E-state index contributed by atoms with van der Waals surface area (Å²) >= 11 is 6.99. The highest BCUT2D eigenvalue weighted by molar-refractivity contribution is 8.26. The van der Waals surface area contributed by atoms with Crippen molar-refractivity contribution in [2.75, 3.05) is 6.61 Å². The van der Waals surface area contributed by atoms with Crippen molar-refractivity contribution >= 4 is 40.3 Å². The molecule has 0 radical (unpaired) electrons. The smallest absolute Gasteiger partial charge is 0.266 e. The molecule has 2 heterocycles. The number of rotatable bonds is 8. The minimum atomic E-state index is -0.154. The Labute approximate surface area is 233 Å². The predicted octanol–water partition coefficient (Wildman–Crippen LogP) is 7.60. The van der Waals surface area contributed by atoms with Crippen LogP contribution in [0.1, 0.15) is 43.0 Å². The van der Waals surface area contributed by atoms with Gasteiger partial charge in [-0.3, -0.25) is 9.69 Å². The summed E-state index contributed by atoms with van der Waals surface area (Å²) < 4.78 is 8.25. The largest absolute Gasteiger partial charge is 0.494 e. The van der Waals surface area contributed by atoms with E-state index in [4.69, 9.17) is 22.1 Å². The fourth-order valence-corrected chi connectivity index (χ4v) is 5.87. The van der Waals surface area contributed by atoms with Crippen molar-refractivity contribution in [2.24, 2.45) is 0 Å². The third-order valence-electron chi connectivity index (χ3n) is 6.47. The number of aryl methyl sites for hydroxylation is 1. The van der Waals surface area contributed by atoms with Crippen LogP contribution in [0.15, 0.2) is 90.0 Å². The van der Waals surface area contributed by atoms with E-state index in [1.807, 2.05) is 103 Å². The van der Waals surface area contributed by atoms with Crippen LogP contribution in [0.2, 0.25) is 0 Å². The van der Waals surface area contributed by atoms with E-state index in [0.29, 0.717) is 15.8 Å². The number of thiocarbonyl (C=S) groups is 1. The molecule has 1 aliphatic rings. The van der Waals surface area contributed by atoms with E-state index in [-0.39, 0.29) is 11.9 Å². The fraction of sp³-hybridized carbons (Fsp3) is 0.194. The van der Waals surface area contributed by atoms with Gasteiger partial charge >= 0.3 is 0 Å². The van der Waals surface area contributed by atoms with Crippen molar-refractivity contribution in [1.29, 1.82) is 0 Å². The lowest BCUT2D eigenvalue weighted by Crippen LogP contribution is -2.30. The van der Waals surface area contributed by atoms with Crippen LogP contribution in [0.5, 0.6) is 5.75 Å². The number of thioether (sulfide) groups is 1. The third-order valence-corrected chi connectivity index (χ3v) is 7.80. The summed E-state index contributed by atoms with van der Waals surface area (Å²) in [6, 6.07) is 25.8. The van der Waals surface area contributed by atoms with E-state index >= 15 is 0 Å². The van der Waals surface area contributed by atoms with E-state index in [1.165, 1.54) is 11.8 Å². The lowest BCUT2D eigenvalue weighted by Gasteiger charge is -2.23. The highest BCUT2D eigenvalue weighted by Crippen LogP contribution is 2.39. The van der Waals surface area contributed by atoms with E-state index in [0.717, 1.165) is 45.8 Å². The maximum atomic E-state index is 13.6. The molecule has 0 saturated carbocycles. The summed E-state index contributed by atoms with van der Waals surface area (Å²) in [6.07, 6.45) is 4.84. The van der Waals surface area contributed by atoms with Gasteiger partial charge in [0, 0.05) is 17.3 Å². The van der Waals surface area contributed by atoms with Gasteiger partial charge in [0.2, 0.25) is 0 Å².